The van der Waals surface area contributed by atoms with Crippen LogP contribution >= 0.6 is 0 Å². The molecule has 2 atom stereocenters. The molecule has 1 aliphatic heterocycles. The first kappa shape index (κ1) is 28.3. The molecule has 4 aromatic carbocycles. The first-order chi connectivity index (χ1) is 21.6. The third kappa shape index (κ3) is 5.04. The molecule has 0 amide bonds. The smallest absolute Gasteiger partial charge is 0.118 e. The number of nitrogens with one attached hydrogen (secondary N) is 2. The fourth-order valence-corrected chi connectivity index (χ4v) is 7.25. The highest BCUT2D eigenvalue weighted by Gasteiger charge is 2.34. The SMILES string of the molecule is COc1ccc([C@H](c2c(C)[nH]c3ccccc23)N2CCN([C@H](c3ccc(OC)cc3)c3c(C)[nH]c4ccccc34)CC2)cc1. The predicted molar refractivity (Wildman–Crippen MR) is 179 cm³/mol. The molecule has 3 heterocycles. The molecule has 7 rings (SSSR count). The van der Waals surface area contributed by atoms with E-state index in [0.29, 0.717) is 0 Å². The minimum atomic E-state index is 0.133. The Labute approximate surface area is 259 Å². The molecular formula is C38H40N4O2. The van der Waals surface area contributed by atoms with Crippen LogP contribution < -0.4 is 9.47 Å². The molecule has 0 saturated carbocycles. The molecule has 0 radical (unpaired) electrons. The van der Waals surface area contributed by atoms with Gasteiger partial charge in [-0.05, 0) is 61.4 Å². The van der Waals surface area contributed by atoms with Crippen molar-refractivity contribution >= 4 is 21.8 Å². The van der Waals surface area contributed by atoms with Gasteiger partial charge in [-0.25, -0.2) is 0 Å². The van der Waals surface area contributed by atoms with Crippen molar-refractivity contribution in [2.75, 3.05) is 40.4 Å². The van der Waals surface area contributed by atoms with E-state index in [0.717, 1.165) is 37.7 Å². The van der Waals surface area contributed by atoms with Crippen molar-refractivity contribution in [3.05, 3.63) is 131 Å². The Morgan fingerprint density at radius 2 is 0.886 bits per heavy atom. The number of aromatic nitrogens is 2. The minimum absolute atomic E-state index is 0.133. The van der Waals surface area contributed by atoms with Gasteiger partial charge in [0.05, 0.1) is 26.3 Å². The maximum atomic E-state index is 5.51. The predicted octanol–water partition coefficient (Wildman–Crippen LogP) is 7.78. The maximum Gasteiger partial charge on any atom is 0.118 e. The second kappa shape index (κ2) is 11.9. The van der Waals surface area contributed by atoms with E-state index in [1.54, 1.807) is 14.2 Å². The molecule has 1 aliphatic rings. The second-order valence-corrected chi connectivity index (χ2v) is 11.8. The van der Waals surface area contributed by atoms with E-state index in [1.165, 1.54) is 55.4 Å². The van der Waals surface area contributed by atoms with E-state index in [1.807, 2.05) is 0 Å². The van der Waals surface area contributed by atoms with Crippen LogP contribution in [-0.2, 0) is 0 Å². The summed E-state index contributed by atoms with van der Waals surface area (Å²) in [6, 6.07) is 34.9. The molecule has 1 fully saturated rings. The molecule has 0 spiro atoms. The summed E-state index contributed by atoms with van der Waals surface area (Å²) >= 11 is 0. The van der Waals surface area contributed by atoms with E-state index >= 15 is 0 Å². The Morgan fingerprint density at radius 3 is 1.25 bits per heavy atom. The van der Waals surface area contributed by atoms with Crippen LogP contribution in [0.15, 0.2) is 97.1 Å². The molecular weight excluding hydrogens is 544 g/mol. The van der Waals surface area contributed by atoms with Crippen molar-refractivity contribution in [3.8, 4) is 11.5 Å². The fraction of sp³-hybridized carbons (Fsp3) is 0.263. The molecule has 2 N–H and O–H groups in total. The van der Waals surface area contributed by atoms with Crippen LogP contribution in [0.2, 0.25) is 0 Å². The number of para-hydroxylation sites is 2. The summed E-state index contributed by atoms with van der Waals surface area (Å²) in [5.41, 5.74) is 10.1. The molecule has 0 aliphatic carbocycles. The van der Waals surface area contributed by atoms with Gasteiger partial charge in [-0.1, -0.05) is 60.7 Å². The Hall–Kier alpha value is -4.52. The molecule has 44 heavy (non-hydrogen) atoms. The number of fused-ring (bicyclic) bond motifs is 2. The van der Waals surface area contributed by atoms with Gasteiger partial charge in [-0.3, -0.25) is 9.80 Å². The van der Waals surface area contributed by atoms with Gasteiger partial charge < -0.3 is 19.4 Å². The van der Waals surface area contributed by atoms with E-state index in [-0.39, 0.29) is 12.1 Å². The second-order valence-electron chi connectivity index (χ2n) is 11.8. The Morgan fingerprint density at radius 1 is 0.523 bits per heavy atom. The molecule has 1 saturated heterocycles. The summed E-state index contributed by atoms with van der Waals surface area (Å²) in [7, 11) is 3.45. The van der Waals surface area contributed by atoms with Crippen molar-refractivity contribution in [1.82, 2.24) is 19.8 Å². The average molecular weight is 585 g/mol. The third-order valence-corrected chi connectivity index (χ3v) is 9.38. The molecule has 224 valence electrons. The highest BCUT2D eigenvalue weighted by atomic mass is 16.5. The number of nitrogens with zero attached hydrogens (tertiary/aromatic N) is 2. The van der Waals surface area contributed by atoms with Crippen molar-refractivity contribution in [3.63, 3.8) is 0 Å². The van der Waals surface area contributed by atoms with E-state index < -0.39 is 0 Å². The van der Waals surface area contributed by atoms with Crippen LogP contribution in [0.1, 0.15) is 45.7 Å². The number of ether oxygens (including phenoxy) is 2. The number of aryl methyl sites for hydroxylation is 2. The lowest BCUT2D eigenvalue weighted by Crippen LogP contribution is -2.49. The van der Waals surface area contributed by atoms with Crippen molar-refractivity contribution in [2.24, 2.45) is 0 Å². The van der Waals surface area contributed by atoms with Gasteiger partial charge in [-0.15, -0.1) is 0 Å². The van der Waals surface area contributed by atoms with Gasteiger partial charge in [0.15, 0.2) is 0 Å². The number of aromatic amines is 2. The number of hydrogen-bond acceptors (Lipinski definition) is 4. The number of H-pyrrole nitrogens is 2. The van der Waals surface area contributed by atoms with E-state index in [2.05, 4.69) is 131 Å². The first-order valence-corrected chi connectivity index (χ1v) is 15.5. The molecule has 6 heteroatoms. The van der Waals surface area contributed by atoms with Crippen molar-refractivity contribution < 1.29 is 9.47 Å². The summed E-state index contributed by atoms with van der Waals surface area (Å²) in [5.74, 6) is 1.76. The Balaban J connectivity index is 1.26. The largest absolute Gasteiger partial charge is 0.497 e. The highest BCUT2D eigenvalue weighted by molar-refractivity contribution is 5.86. The third-order valence-electron chi connectivity index (χ3n) is 9.38. The van der Waals surface area contributed by atoms with Crippen LogP contribution in [0.25, 0.3) is 21.8 Å². The van der Waals surface area contributed by atoms with Gasteiger partial charge >= 0.3 is 0 Å². The zero-order chi connectivity index (χ0) is 30.2. The first-order valence-electron chi connectivity index (χ1n) is 15.5. The van der Waals surface area contributed by atoms with Gasteiger partial charge in [0, 0.05) is 70.5 Å². The topological polar surface area (TPSA) is 56.5 Å². The zero-order valence-electron chi connectivity index (χ0n) is 25.9. The maximum absolute atomic E-state index is 5.51. The minimum Gasteiger partial charge on any atom is -0.497 e. The van der Waals surface area contributed by atoms with Crippen LogP contribution in [0, 0.1) is 13.8 Å². The number of hydrogen-bond donors (Lipinski definition) is 2. The average Bonchev–Trinajstić information content (AvgIpc) is 3.58. The summed E-state index contributed by atoms with van der Waals surface area (Å²) in [6.45, 7) is 8.21. The standard InChI is InChI=1S/C38H40N4O2/c1-25-35(31-9-5-7-11-33(31)39-25)37(27-13-17-29(43-3)18-14-27)41-21-23-42(24-22-41)38(28-15-19-30(44-4)20-16-28)36-26(2)40-34-12-8-6-10-32(34)36/h5-20,37-40H,21-24H2,1-4H3/t37-,38-/m1/s1. The number of piperazine rings is 1. The van der Waals surface area contributed by atoms with E-state index in [9.17, 15) is 0 Å². The molecule has 6 aromatic rings. The van der Waals surface area contributed by atoms with Crippen LogP contribution in [0.4, 0.5) is 0 Å². The van der Waals surface area contributed by atoms with Crippen LogP contribution in [0.5, 0.6) is 11.5 Å². The highest BCUT2D eigenvalue weighted by Crippen LogP contribution is 2.40. The molecule has 2 aromatic heterocycles. The van der Waals surface area contributed by atoms with Gasteiger partial charge in [0.2, 0.25) is 0 Å². The fourth-order valence-electron chi connectivity index (χ4n) is 7.25. The van der Waals surface area contributed by atoms with Gasteiger partial charge in [0.1, 0.15) is 11.5 Å². The number of benzene rings is 4. The van der Waals surface area contributed by atoms with Crippen LogP contribution in [0.3, 0.4) is 0 Å². The molecule has 0 bridgehead atoms. The lowest BCUT2D eigenvalue weighted by molar-refractivity contribution is 0.0902. The number of methoxy groups -OCH3 is 2. The summed E-state index contributed by atoms with van der Waals surface area (Å²) in [4.78, 5) is 12.6. The Bertz CT molecular complexity index is 1740. The van der Waals surface area contributed by atoms with Gasteiger partial charge in [-0.2, -0.15) is 0 Å². The normalized spacial score (nSPS) is 15.9. The lowest BCUT2D eigenvalue weighted by atomic mass is 9.92. The summed E-state index contributed by atoms with van der Waals surface area (Å²) < 4.78 is 11.0. The lowest BCUT2D eigenvalue weighted by Gasteiger charge is -2.43. The quantitative estimate of drug-likeness (QED) is 0.192. The monoisotopic (exact) mass is 584 g/mol. The van der Waals surface area contributed by atoms with Crippen molar-refractivity contribution in [2.45, 2.75) is 25.9 Å². The van der Waals surface area contributed by atoms with Crippen LogP contribution in [-0.4, -0.2) is 60.2 Å². The summed E-state index contributed by atoms with van der Waals surface area (Å²) in [5, 5.41) is 2.58. The van der Waals surface area contributed by atoms with Crippen molar-refractivity contribution in [1.29, 1.82) is 0 Å². The zero-order valence-corrected chi connectivity index (χ0v) is 25.9. The molecule has 6 nitrogen and oxygen atoms in total. The Kier molecular flexibility index (Phi) is 7.62. The van der Waals surface area contributed by atoms with Gasteiger partial charge in [0.25, 0.3) is 0 Å². The number of rotatable bonds is 8. The summed E-state index contributed by atoms with van der Waals surface area (Å²) in [6.07, 6.45) is 0. The van der Waals surface area contributed by atoms with E-state index in [4.69, 9.17) is 9.47 Å². The molecule has 0 unspecified atom stereocenters.